The molecule has 4 aliphatic rings. The maximum Gasteiger partial charge on any atom is 0.302 e. The zero-order valence-electron chi connectivity index (χ0n) is 16.6. The lowest BCUT2D eigenvalue weighted by Crippen LogP contribution is -2.48. The van der Waals surface area contributed by atoms with Crippen LogP contribution in [0.3, 0.4) is 0 Å². The van der Waals surface area contributed by atoms with Crippen molar-refractivity contribution in [3.8, 4) is 0 Å². The Labute approximate surface area is 157 Å². The van der Waals surface area contributed by atoms with Gasteiger partial charge in [-0.15, -0.1) is 0 Å². The number of ketones is 1. The first-order chi connectivity index (χ1) is 12.3. The van der Waals surface area contributed by atoms with Crippen molar-refractivity contribution < 1.29 is 14.3 Å². The number of carbonyl (C=O) groups excluding carboxylic acids is 2. The normalized spacial score (nSPS) is 44.2. The summed E-state index contributed by atoms with van der Waals surface area (Å²) in [5.41, 5.74) is 3.41. The number of ether oxygens (including phenoxy) is 1. The Morgan fingerprint density at radius 2 is 1.77 bits per heavy atom. The van der Waals surface area contributed by atoms with Gasteiger partial charge in [0.2, 0.25) is 0 Å². The van der Waals surface area contributed by atoms with Crippen molar-refractivity contribution in [2.24, 2.45) is 28.6 Å². The molecule has 0 amide bonds. The van der Waals surface area contributed by atoms with Crippen molar-refractivity contribution in [2.75, 3.05) is 0 Å². The monoisotopic (exact) mass is 356 g/mol. The molecule has 142 valence electrons. The quantitative estimate of drug-likeness (QED) is 0.516. The molecule has 0 aliphatic heterocycles. The summed E-state index contributed by atoms with van der Waals surface area (Å²) in [4.78, 5) is 23.5. The van der Waals surface area contributed by atoms with Crippen molar-refractivity contribution in [1.82, 2.24) is 0 Å². The average molecular weight is 357 g/mol. The van der Waals surface area contributed by atoms with Gasteiger partial charge in [0.05, 0.1) is 0 Å². The van der Waals surface area contributed by atoms with E-state index in [2.05, 4.69) is 26.0 Å². The molecule has 4 rings (SSSR count). The van der Waals surface area contributed by atoms with Crippen LogP contribution in [-0.2, 0) is 14.3 Å². The number of carbonyl (C=O) groups is 2. The lowest BCUT2D eigenvalue weighted by Gasteiger charge is -2.56. The molecule has 0 aromatic carbocycles. The first kappa shape index (κ1) is 18.0. The van der Waals surface area contributed by atoms with Crippen molar-refractivity contribution in [2.45, 2.75) is 78.7 Å². The minimum absolute atomic E-state index is 0.0602. The minimum Gasteiger partial charge on any atom is -0.462 e. The molecule has 3 nitrogen and oxygen atoms in total. The fourth-order valence-corrected chi connectivity index (χ4v) is 6.92. The molecular formula is C23H32O3. The van der Waals surface area contributed by atoms with Crippen LogP contribution in [-0.4, -0.2) is 17.9 Å². The largest absolute Gasteiger partial charge is 0.462 e. The van der Waals surface area contributed by atoms with E-state index < -0.39 is 0 Å². The molecular weight excluding hydrogens is 324 g/mol. The van der Waals surface area contributed by atoms with Crippen LogP contribution < -0.4 is 0 Å². The van der Waals surface area contributed by atoms with Crippen LogP contribution in [0.25, 0.3) is 0 Å². The molecule has 0 unspecified atom stereocenters. The van der Waals surface area contributed by atoms with Gasteiger partial charge < -0.3 is 4.74 Å². The zero-order valence-corrected chi connectivity index (χ0v) is 16.6. The molecule has 2 saturated carbocycles. The molecule has 0 N–H and O–H groups in total. The number of esters is 1. The first-order valence-electron chi connectivity index (χ1n) is 10.3. The summed E-state index contributed by atoms with van der Waals surface area (Å²) < 4.78 is 5.52. The number of rotatable bonds is 2. The molecule has 26 heavy (non-hydrogen) atoms. The average Bonchev–Trinajstić information content (AvgIpc) is 2.92. The third kappa shape index (κ3) is 2.53. The van der Waals surface area contributed by atoms with Gasteiger partial charge in [-0.1, -0.05) is 37.1 Å². The van der Waals surface area contributed by atoms with E-state index in [1.54, 1.807) is 12.5 Å². The molecule has 4 aliphatic carbocycles. The summed E-state index contributed by atoms with van der Waals surface area (Å²) in [7, 11) is 0. The topological polar surface area (TPSA) is 43.4 Å². The van der Waals surface area contributed by atoms with E-state index >= 15 is 0 Å². The third-order valence-electron chi connectivity index (χ3n) is 8.29. The number of fused-ring (bicyclic) bond motifs is 5. The highest BCUT2D eigenvalue weighted by Gasteiger charge is 2.56. The Hall–Kier alpha value is -1.38. The highest BCUT2D eigenvalue weighted by atomic mass is 16.5. The summed E-state index contributed by atoms with van der Waals surface area (Å²) in [5, 5.41) is 0. The van der Waals surface area contributed by atoms with Gasteiger partial charge in [0.15, 0.2) is 0 Å². The molecule has 3 heteroatoms. The molecule has 6 atom stereocenters. The Kier molecular flexibility index (Phi) is 4.20. The lowest BCUT2D eigenvalue weighted by atomic mass is 9.48. The highest BCUT2D eigenvalue weighted by Crippen LogP contribution is 2.64. The van der Waals surface area contributed by atoms with E-state index in [9.17, 15) is 9.59 Å². The maximum atomic E-state index is 12.2. The fourth-order valence-electron chi connectivity index (χ4n) is 6.92. The molecule has 2 fully saturated rings. The fraction of sp³-hybridized carbons (Fsp3) is 0.739. The maximum absolute atomic E-state index is 12.2. The van der Waals surface area contributed by atoms with Crippen LogP contribution in [0, 0.1) is 28.6 Å². The van der Waals surface area contributed by atoms with Crippen LogP contribution in [0.2, 0.25) is 0 Å². The predicted molar refractivity (Wildman–Crippen MR) is 101 cm³/mol. The zero-order chi connectivity index (χ0) is 18.7. The first-order valence-corrected chi connectivity index (χ1v) is 10.3. The summed E-state index contributed by atoms with van der Waals surface area (Å²) in [6.45, 7) is 8.07. The number of Topliss-reactive ketones (excluding diaryl/α,β-unsaturated/α-hetero) is 1. The molecule has 0 bridgehead atoms. The van der Waals surface area contributed by atoms with Gasteiger partial charge >= 0.3 is 5.97 Å². The van der Waals surface area contributed by atoms with Crippen LogP contribution >= 0.6 is 0 Å². The smallest absolute Gasteiger partial charge is 0.302 e. The Bertz CT molecular complexity index is 702. The van der Waals surface area contributed by atoms with Crippen LogP contribution in [0.5, 0.6) is 0 Å². The number of hydrogen-bond donors (Lipinski definition) is 0. The molecule has 0 heterocycles. The van der Waals surface area contributed by atoms with E-state index in [1.165, 1.54) is 18.9 Å². The second kappa shape index (κ2) is 6.07. The lowest BCUT2D eigenvalue weighted by molar-refractivity contribution is -0.148. The minimum atomic E-state index is -0.160. The highest BCUT2D eigenvalue weighted by molar-refractivity contribution is 5.80. The van der Waals surface area contributed by atoms with Crippen molar-refractivity contribution in [1.29, 1.82) is 0 Å². The van der Waals surface area contributed by atoms with Crippen LogP contribution in [0.1, 0.15) is 72.6 Å². The molecule has 0 spiro atoms. The summed E-state index contributed by atoms with van der Waals surface area (Å²) in [6.07, 6.45) is 12.3. The molecule has 0 aromatic heterocycles. The van der Waals surface area contributed by atoms with Crippen LogP contribution in [0.4, 0.5) is 0 Å². The second-order valence-corrected chi connectivity index (χ2v) is 9.58. The Balaban J connectivity index is 1.61. The van der Waals surface area contributed by atoms with Gasteiger partial charge in [0.1, 0.15) is 11.9 Å². The van der Waals surface area contributed by atoms with Crippen molar-refractivity contribution in [3.05, 3.63) is 23.3 Å². The number of allylic oxidation sites excluding steroid dienone is 3. The van der Waals surface area contributed by atoms with Crippen LogP contribution in [0.15, 0.2) is 23.3 Å². The van der Waals surface area contributed by atoms with E-state index in [-0.39, 0.29) is 28.8 Å². The molecule has 0 aromatic rings. The Morgan fingerprint density at radius 3 is 2.46 bits per heavy atom. The van der Waals surface area contributed by atoms with Gasteiger partial charge in [0, 0.05) is 19.3 Å². The molecule has 0 saturated heterocycles. The molecule has 0 radical (unpaired) electrons. The second-order valence-electron chi connectivity index (χ2n) is 9.58. The predicted octanol–water partition coefficient (Wildman–Crippen LogP) is 5.01. The summed E-state index contributed by atoms with van der Waals surface area (Å²) in [6, 6.07) is 0. The van der Waals surface area contributed by atoms with Gasteiger partial charge in [-0.25, -0.2) is 0 Å². The van der Waals surface area contributed by atoms with Gasteiger partial charge in [-0.3, -0.25) is 9.59 Å². The van der Waals surface area contributed by atoms with Gasteiger partial charge in [-0.2, -0.15) is 0 Å². The van der Waals surface area contributed by atoms with Gasteiger partial charge in [0.25, 0.3) is 0 Å². The standard InChI is InChI=1S/C23H32O3/c1-14(24)19-7-8-20-18-6-5-16-13-17(26-15(2)25)9-11-22(16,3)21(18)10-12-23(19,20)4/h5,8,17-19,21H,6-7,9-13H2,1-4H3/t17-,18-,19-,21-,22-,23+/m0/s1. The van der Waals surface area contributed by atoms with Crippen molar-refractivity contribution in [3.63, 3.8) is 0 Å². The van der Waals surface area contributed by atoms with E-state index in [4.69, 9.17) is 4.74 Å². The number of hydrogen-bond acceptors (Lipinski definition) is 3. The summed E-state index contributed by atoms with van der Waals surface area (Å²) in [5.74, 6) is 1.66. The SMILES string of the molecule is CC(=O)O[C@H]1CC[C@@]2(C)C(=CC[C@H]3C4=CC[C@@H](C(C)=O)[C@@]4(C)CC[C@@H]32)C1. The summed E-state index contributed by atoms with van der Waals surface area (Å²) >= 11 is 0. The van der Waals surface area contributed by atoms with Crippen molar-refractivity contribution >= 4 is 11.8 Å². The van der Waals surface area contributed by atoms with E-state index in [0.29, 0.717) is 17.6 Å². The van der Waals surface area contributed by atoms with E-state index in [1.807, 2.05) is 0 Å². The third-order valence-corrected chi connectivity index (χ3v) is 8.29. The van der Waals surface area contributed by atoms with E-state index in [0.717, 1.165) is 38.5 Å². The van der Waals surface area contributed by atoms with Gasteiger partial charge in [-0.05, 0) is 68.1 Å². The Morgan fingerprint density at radius 1 is 1.04 bits per heavy atom.